The first-order chi connectivity index (χ1) is 15.0. The molecule has 4 aromatic rings. The quantitative estimate of drug-likeness (QED) is 0.188. The van der Waals surface area contributed by atoms with E-state index in [1.54, 1.807) is 12.4 Å². The molecule has 1 aromatic carbocycles. The number of fused-ring (bicyclic) bond motifs is 1. The van der Waals surface area contributed by atoms with Crippen molar-refractivity contribution in [2.45, 2.75) is 6.42 Å². The number of benzene rings is 1. The minimum atomic E-state index is -0.721. The number of H-pyrrole nitrogens is 1. The van der Waals surface area contributed by atoms with E-state index < -0.39 is 11.9 Å². The summed E-state index contributed by atoms with van der Waals surface area (Å²) in [7, 11) is 0. The van der Waals surface area contributed by atoms with Gasteiger partial charge in [0.15, 0.2) is 23.3 Å². The molecule has 12 heteroatoms. The van der Waals surface area contributed by atoms with Gasteiger partial charge in [-0.25, -0.2) is 19.9 Å². The number of aromatic amines is 1. The van der Waals surface area contributed by atoms with Gasteiger partial charge in [-0.3, -0.25) is 15.5 Å². The molecular weight excluding hydrogens is 432 g/mol. The zero-order valence-corrected chi connectivity index (χ0v) is 17.6. The zero-order valence-electron chi connectivity index (χ0n) is 16.8. The molecule has 0 aliphatic heterocycles. The average Bonchev–Trinajstić information content (AvgIpc) is 3.17. The topological polar surface area (TPSA) is 184 Å². The number of aromatic nitrogens is 5. The van der Waals surface area contributed by atoms with Crippen LogP contribution in [-0.4, -0.2) is 43.3 Å². The van der Waals surface area contributed by atoms with E-state index >= 15 is 0 Å². The molecule has 0 radical (unpaired) electrons. The Morgan fingerprint density at radius 3 is 2.66 bits per heavy atom. The number of carbonyl (C=O) groups is 1. The number of para-hydroxylation sites is 1. The molecule has 11 nitrogen and oxygen atoms in total. The Bertz CT molecular complexity index is 1260. The van der Waals surface area contributed by atoms with Gasteiger partial charge in [0.2, 0.25) is 0 Å². The fraction of sp³-hybridized carbons (Fsp3) is 0.100. The van der Waals surface area contributed by atoms with Crippen molar-refractivity contribution in [3.8, 4) is 11.3 Å². The van der Waals surface area contributed by atoms with Crippen molar-refractivity contribution in [3.05, 3.63) is 60.4 Å². The Hall–Kier alpha value is -4.25. The van der Waals surface area contributed by atoms with Gasteiger partial charge in [-0.2, -0.15) is 0 Å². The number of guanidine groups is 1. The number of anilines is 2. The molecule has 0 atom stereocenters. The Kier molecular flexibility index (Phi) is 6.80. The summed E-state index contributed by atoms with van der Waals surface area (Å²) < 4.78 is 0. The minimum absolute atomic E-state index is 0. The highest BCUT2D eigenvalue weighted by Crippen LogP contribution is 2.26. The molecule has 0 spiro atoms. The number of nitrogen functional groups attached to an aromatic ring is 1. The van der Waals surface area contributed by atoms with Crippen LogP contribution in [0, 0.1) is 5.41 Å². The summed E-state index contributed by atoms with van der Waals surface area (Å²) in [5.74, 6) is -0.932. The molecular formula is C20H21ClN10O. The molecule has 3 aromatic heterocycles. The van der Waals surface area contributed by atoms with Crippen molar-refractivity contribution < 1.29 is 4.79 Å². The van der Waals surface area contributed by atoms with Gasteiger partial charge in [0.25, 0.3) is 5.91 Å². The summed E-state index contributed by atoms with van der Waals surface area (Å²) in [6, 6.07) is 8.07. The molecule has 0 aliphatic carbocycles. The second-order valence-electron chi connectivity index (χ2n) is 6.69. The summed E-state index contributed by atoms with van der Waals surface area (Å²) in [5, 5.41) is 13.8. The smallest absolute Gasteiger partial charge is 0.280 e. The van der Waals surface area contributed by atoms with E-state index in [9.17, 15) is 4.79 Å². The van der Waals surface area contributed by atoms with Gasteiger partial charge in [-0.05, 0) is 18.1 Å². The van der Waals surface area contributed by atoms with Gasteiger partial charge in [-0.1, -0.05) is 18.2 Å². The van der Waals surface area contributed by atoms with Gasteiger partial charge < -0.3 is 21.8 Å². The second kappa shape index (κ2) is 9.71. The molecule has 8 N–H and O–H groups in total. The second-order valence-corrected chi connectivity index (χ2v) is 6.69. The van der Waals surface area contributed by atoms with Gasteiger partial charge in [0, 0.05) is 41.6 Å². The van der Waals surface area contributed by atoms with Crippen LogP contribution in [0.4, 0.5) is 11.6 Å². The number of nitrogens with zero attached hydrogens (tertiary/aromatic N) is 4. The standard InChI is InChI=1S/C20H20N10O.ClH/c21-17-16(19(31)30-20(22)23)28-15(12-7-24-10-25-8-12)18(29-17)26-6-5-11-9-27-14-4-2-1-3-13(11)14;/h1-4,7-10,27H,5-6H2,(H3,21,26,29)(H4,22,23,30,31);1H. The molecule has 0 saturated heterocycles. The Labute approximate surface area is 189 Å². The zero-order chi connectivity index (χ0) is 21.8. The third kappa shape index (κ3) is 4.73. The lowest BCUT2D eigenvalue weighted by molar-refractivity contribution is 0.0972. The lowest BCUT2D eigenvalue weighted by Gasteiger charge is -2.13. The van der Waals surface area contributed by atoms with Crippen LogP contribution in [0.25, 0.3) is 22.2 Å². The van der Waals surface area contributed by atoms with E-state index in [1.165, 1.54) is 6.33 Å². The molecule has 164 valence electrons. The number of nitrogens with one attached hydrogen (secondary N) is 4. The predicted molar refractivity (Wildman–Crippen MR) is 125 cm³/mol. The highest BCUT2D eigenvalue weighted by Gasteiger charge is 2.19. The van der Waals surface area contributed by atoms with Gasteiger partial charge in [0.1, 0.15) is 12.0 Å². The van der Waals surface area contributed by atoms with Gasteiger partial charge in [-0.15, -0.1) is 12.4 Å². The summed E-state index contributed by atoms with van der Waals surface area (Å²) in [4.78, 5) is 32.2. The third-order valence-electron chi connectivity index (χ3n) is 4.58. The van der Waals surface area contributed by atoms with Crippen molar-refractivity contribution in [2.24, 2.45) is 5.73 Å². The number of amides is 1. The van der Waals surface area contributed by atoms with Crippen molar-refractivity contribution >= 4 is 46.8 Å². The highest BCUT2D eigenvalue weighted by molar-refractivity contribution is 6.06. The van der Waals surface area contributed by atoms with E-state index in [0.29, 0.717) is 23.6 Å². The summed E-state index contributed by atoms with van der Waals surface area (Å²) >= 11 is 0. The van der Waals surface area contributed by atoms with Crippen LogP contribution in [0.5, 0.6) is 0 Å². The lowest BCUT2D eigenvalue weighted by atomic mass is 10.1. The maximum Gasteiger partial charge on any atom is 0.280 e. The van der Waals surface area contributed by atoms with Gasteiger partial charge in [0.05, 0.1) is 0 Å². The van der Waals surface area contributed by atoms with E-state index in [1.807, 2.05) is 24.4 Å². The van der Waals surface area contributed by atoms with E-state index in [0.717, 1.165) is 22.9 Å². The van der Waals surface area contributed by atoms with Crippen LogP contribution in [0.3, 0.4) is 0 Å². The Morgan fingerprint density at radius 2 is 1.91 bits per heavy atom. The first-order valence-corrected chi connectivity index (χ1v) is 9.40. The normalized spacial score (nSPS) is 10.4. The van der Waals surface area contributed by atoms with Crippen LogP contribution in [0.1, 0.15) is 16.1 Å². The molecule has 0 aliphatic rings. The maximum absolute atomic E-state index is 12.3. The lowest BCUT2D eigenvalue weighted by Crippen LogP contribution is -2.36. The molecule has 0 saturated carbocycles. The monoisotopic (exact) mass is 452 g/mol. The molecule has 32 heavy (non-hydrogen) atoms. The molecule has 0 unspecified atom stereocenters. The summed E-state index contributed by atoms with van der Waals surface area (Å²) in [5.41, 5.74) is 14.2. The van der Waals surface area contributed by atoms with Crippen molar-refractivity contribution in [1.82, 2.24) is 30.2 Å². The van der Waals surface area contributed by atoms with Crippen LogP contribution in [-0.2, 0) is 6.42 Å². The maximum atomic E-state index is 12.3. The van der Waals surface area contributed by atoms with Crippen LogP contribution < -0.4 is 22.1 Å². The summed E-state index contributed by atoms with van der Waals surface area (Å²) in [6.07, 6.45) is 7.22. The first-order valence-electron chi connectivity index (χ1n) is 9.40. The fourth-order valence-electron chi connectivity index (χ4n) is 3.20. The Morgan fingerprint density at radius 1 is 1.16 bits per heavy atom. The number of nitrogens with two attached hydrogens (primary N) is 2. The van der Waals surface area contributed by atoms with Crippen LogP contribution in [0.2, 0.25) is 0 Å². The Balaban J connectivity index is 0.00000289. The van der Waals surface area contributed by atoms with Crippen LogP contribution >= 0.6 is 12.4 Å². The molecule has 1 amide bonds. The van der Waals surface area contributed by atoms with Gasteiger partial charge >= 0.3 is 0 Å². The number of halogens is 1. The number of rotatable bonds is 6. The first kappa shape index (κ1) is 22.4. The summed E-state index contributed by atoms with van der Waals surface area (Å²) in [6.45, 7) is 0.551. The van der Waals surface area contributed by atoms with Crippen LogP contribution in [0.15, 0.2) is 49.2 Å². The average molecular weight is 453 g/mol. The largest absolute Gasteiger partial charge is 0.382 e. The number of hydrogen-bond acceptors (Lipinski definition) is 8. The van der Waals surface area contributed by atoms with E-state index in [-0.39, 0.29) is 23.9 Å². The van der Waals surface area contributed by atoms with Crippen molar-refractivity contribution in [1.29, 1.82) is 5.41 Å². The molecule has 0 bridgehead atoms. The predicted octanol–water partition coefficient (Wildman–Crippen LogP) is 1.70. The number of carbonyl (C=O) groups excluding carboxylic acids is 1. The molecule has 4 rings (SSSR count). The van der Waals surface area contributed by atoms with E-state index in [4.69, 9.17) is 16.9 Å². The highest BCUT2D eigenvalue weighted by atomic mass is 35.5. The van der Waals surface area contributed by atoms with E-state index in [2.05, 4.69) is 41.6 Å². The SMILES string of the molecule is Cl.N=C(N)NC(=O)c1nc(-c2cncnc2)c(NCCc2c[nH]c3ccccc23)nc1N. The molecule has 0 fully saturated rings. The number of hydrogen-bond donors (Lipinski definition) is 6. The van der Waals surface area contributed by atoms with Crippen molar-refractivity contribution in [2.75, 3.05) is 17.6 Å². The third-order valence-corrected chi connectivity index (χ3v) is 4.58. The fourth-order valence-corrected chi connectivity index (χ4v) is 3.20. The minimum Gasteiger partial charge on any atom is -0.382 e. The van der Waals surface area contributed by atoms with Crippen molar-refractivity contribution in [3.63, 3.8) is 0 Å². The molecule has 3 heterocycles.